The molecular weight excluding hydrogens is 365 g/mol. The highest BCUT2D eigenvalue weighted by molar-refractivity contribution is 6.01. The third-order valence-electron chi connectivity index (χ3n) is 5.43. The number of fused-ring (bicyclic) bond motifs is 1. The summed E-state index contributed by atoms with van der Waals surface area (Å²) < 4.78 is 18.6. The topological polar surface area (TPSA) is 94.7 Å². The standard InChI is InChI=1S/C20H22FN3O4/c1-10-14(7-24-16-4-3-13(21)5-12(16)6-18(24)26)22-11(2)19(10)20(27)23-15-8-28-9-17(15)25/h3-5,15,17,22,25H,6-9H2,1-2H3,(H,23,27). The normalized spacial score (nSPS) is 21.3. The summed E-state index contributed by atoms with van der Waals surface area (Å²) in [4.78, 5) is 29.9. The lowest BCUT2D eigenvalue weighted by Crippen LogP contribution is -2.42. The zero-order valence-corrected chi connectivity index (χ0v) is 15.7. The molecular formula is C20H22FN3O4. The number of carbonyl (C=O) groups excluding carboxylic acids is 2. The molecule has 0 spiro atoms. The predicted octanol–water partition coefficient (Wildman–Crippen LogP) is 1.35. The zero-order valence-electron chi connectivity index (χ0n) is 15.7. The van der Waals surface area contributed by atoms with E-state index >= 15 is 0 Å². The van der Waals surface area contributed by atoms with E-state index in [1.807, 2.05) is 6.92 Å². The van der Waals surface area contributed by atoms with Crippen molar-refractivity contribution in [1.29, 1.82) is 0 Å². The molecule has 0 saturated carbocycles. The van der Waals surface area contributed by atoms with E-state index in [0.717, 1.165) is 11.3 Å². The molecule has 2 amide bonds. The van der Waals surface area contributed by atoms with E-state index in [2.05, 4.69) is 10.3 Å². The van der Waals surface area contributed by atoms with E-state index in [1.54, 1.807) is 17.9 Å². The monoisotopic (exact) mass is 387 g/mol. The van der Waals surface area contributed by atoms with Crippen LogP contribution in [0.2, 0.25) is 0 Å². The van der Waals surface area contributed by atoms with Gasteiger partial charge in [-0.3, -0.25) is 9.59 Å². The van der Waals surface area contributed by atoms with Crippen LogP contribution in [0.25, 0.3) is 0 Å². The quantitative estimate of drug-likeness (QED) is 0.738. The first-order valence-corrected chi connectivity index (χ1v) is 9.18. The second-order valence-electron chi connectivity index (χ2n) is 7.34. The molecule has 1 saturated heterocycles. The summed E-state index contributed by atoms with van der Waals surface area (Å²) in [6.45, 7) is 4.37. The van der Waals surface area contributed by atoms with Crippen LogP contribution < -0.4 is 10.2 Å². The molecule has 0 radical (unpaired) electrons. The highest BCUT2D eigenvalue weighted by Crippen LogP contribution is 2.32. The molecule has 3 heterocycles. The van der Waals surface area contributed by atoms with Crippen molar-refractivity contribution in [1.82, 2.24) is 10.3 Å². The van der Waals surface area contributed by atoms with Crippen molar-refractivity contribution in [3.05, 3.63) is 52.1 Å². The van der Waals surface area contributed by atoms with E-state index in [1.165, 1.54) is 12.1 Å². The van der Waals surface area contributed by atoms with Gasteiger partial charge in [-0.15, -0.1) is 0 Å². The Morgan fingerprint density at radius 2 is 2.18 bits per heavy atom. The Labute approximate surface area is 161 Å². The number of rotatable bonds is 4. The number of halogens is 1. The van der Waals surface area contributed by atoms with E-state index < -0.39 is 12.1 Å². The number of hydrogen-bond donors (Lipinski definition) is 3. The molecule has 2 unspecified atom stereocenters. The molecule has 7 nitrogen and oxygen atoms in total. The highest BCUT2D eigenvalue weighted by atomic mass is 19.1. The van der Waals surface area contributed by atoms with Gasteiger partial charge < -0.3 is 25.0 Å². The van der Waals surface area contributed by atoms with Gasteiger partial charge in [0.25, 0.3) is 5.91 Å². The van der Waals surface area contributed by atoms with Gasteiger partial charge in [0.15, 0.2) is 0 Å². The maximum absolute atomic E-state index is 13.4. The Bertz CT molecular complexity index is 955. The van der Waals surface area contributed by atoms with E-state index in [9.17, 15) is 19.1 Å². The minimum Gasteiger partial charge on any atom is -0.388 e. The summed E-state index contributed by atoms with van der Waals surface area (Å²) >= 11 is 0. The molecule has 148 valence electrons. The third-order valence-corrected chi connectivity index (χ3v) is 5.43. The molecule has 2 aromatic rings. The third kappa shape index (κ3) is 3.18. The molecule has 1 aromatic carbocycles. The Balaban J connectivity index is 1.56. The van der Waals surface area contributed by atoms with Crippen molar-refractivity contribution in [2.24, 2.45) is 0 Å². The minimum absolute atomic E-state index is 0.107. The molecule has 2 aliphatic heterocycles. The van der Waals surface area contributed by atoms with Crippen molar-refractivity contribution >= 4 is 17.5 Å². The van der Waals surface area contributed by atoms with Gasteiger partial charge >= 0.3 is 0 Å². The zero-order chi connectivity index (χ0) is 20.0. The summed E-state index contributed by atoms with van der Waals surface area (Å²) in [7, 11) is 0. The fourth-order valence-electron chi connectivity index (χ4n) is 3.92. The molecule has 0 bridgehead atoms. The van der Waals surface area contributed by atoms with Crippen LogP contribution in [0.4, 0.5) is 10.1 Å². The highest BCUT2D eigenvalue weighted by Gasteiger charge is 2.31. The molecule has 28 heavy (non-hydrogen) atoms. The number of aryl methyl sites for hydroxylation is 1. The number of amides is 2. The molecule has 2 atom stereocenters. The molecule has 2 aliphatic rings. The number of aliphatic hydroxyl groups excluding tert-OH is 1. The average molecular weight is 387 g/mol. The second-order valence-corrected chi connectivity index (χ2v) is 7.34. The SMILES string of the molecule is Cc1[nH]c(CN2C(=O)Cc3cc(F)ccc32)c(C)c1C(=O)NC1COCC1O. The van der Waals surface area contributed by atoms with Crippen LogP contribution in [0.15, 0.2) is 18.2 Å². The van der Waals surface area contributed by atoms with Crippen molar-refractivity contribution in [3.63, 3.8) is 0 Å². The summed E-state index contributed by atoms with van der Waals surface area (Å²) in [5, 5.41) is 12.6. The Kier molecular flexibility index (Phi) is 4.68. The molecule has 0 aliphatic carbocycles. The molecule has 1 fully saturated rings. The van der Waals surface area contributed by atoms with Gasteiger partial charge in [-0.25, -0.2) is 4.39 Å². The number of aromatic nitrogens is 1. The van der Waals surface area contributed by atoms with Gasteiger partial charge in [-0.1, -0.05) is 0 Å². The number of hydrogen-bond acceptors (Lipinski definition) is 4. The molecule has 3 N–H and O–H groups in total. The van der Waals surface area contributed by atoms with Crippen LogP contribution in [0.3, 0.4) is 0 Å². The van der Waals surface area contributed by atoms with Crippen LogP contribution in [0.5, 0.6) is 0 Å². The van der Waals surface area contributed by atoms with Gasteiger partial charge in [0.1, 0.15) is 5.82 Å². The van der Waals surface area contributed by atoms with Gasteiger partial charge in [0.05, 0.1) is 43.9 Å². The first-order valence-electron chi connectivity index (χ1n) is 9.18. The van der Waals surface area contributed by atoms with Gasteiger partial charge in [-0.05, 0) is 43.2 Å². The van der Waals surface area contributed by atoms with Crippen molar-refractivity contribution in [2.45, 2.75) is 39.0 Å². The maximum atomic E-state index is 13.4. The summed E-state index contributed by atoms with van der Waals surface area (Å²) in [6.07, 6.45) is -0.555. The van der Waals surface area contributed by atoms with Crippen LogP contribution >= 0.6 is 0 Å². The van der Waals surface area contributed by atoms with Gasteiger partial charge in [0, 0.05) is 17.1 Å². The smallest absolute Gasteiger partial charge is 0.253 e. The van der Waals surface area contributed by atoms with Gasteiger partial charge in [-0.2, -0.15) is 0 Å². The van der Waals surface area contributed by atoms with Crippen molar-refractivity contribution in [3.8, 4) is 0 Å². The number of nitrogens with one attached hydrogen (secondary N) is 2. The van der Waals surface area contributed by atoms with Gasteiger partial charge in [0.2, 0.25) is 5.91 Å². The van der Waals surface area contributed by atoms with E-state index in [4.69, 9.17) is 4.74 Å². The predicted molar refractivity (Wildman–Crippen MR) is 99.6 cm³/mol. The van der Waals surface area contributed by atoms with Crippen molar-refractivity contribution in [2.75, 3.05) is 18.1 Å². The number of aliphatic hydroxyl groups is 1. The summed E-state index contributed by atoms with van der Waals surface area (Å²) in [5.41, 5.74) is 4.03. The average Bonchev–Trinajstić information content (AvgIpc) is 3.25. The van der Waals surface area contributed by atoms with Crippen LogP contribution in [-0.4, -0.2) is 47.3 Å². The van der Waals surface area contributed by atoms with E-state index in [-0.39, 0.29) is 43.8 Å². The molecule has 4 rings (SSSR count). The molecule has 1 aromatic heterocycles. The van der Waals surface area contributed by atoms with Crippen LogP contribution in [0, 0.1) is 19.7 Å². The number of aromatic amines is 1. The van der Waals surface area contributed by atoms with Crippen LogP contribution in [-0.2, 0) is 22.5 Å². The first-order chi connectivity index (χ1) is 13.3. The number of nitrogens with zero attached hydrogens (tertiary/aromatic N) is 1. The second kappa shape index (κ2) is 7.03. The fourth-order valence-corrected chi connectivity index (χ4v) is 3.92. The number of ether oxygens (including phenoxy) is 1. The molecule has 8 heteroatoms. The number of H-pyrrole nitrogens is 1. The number of carbonyl (C=O) groups is 2. The van der Waals surface area contributed by atoms with Crippen molar-refractivity contribution < 1.29 is 23.8 Å². The maximum Gasteiger partial charge on any atom is 0.253 e. The Hall–Kier alpha value is -2.71. The Morgan fingerprint density at radius 3 is 2.89 bits per heavy atom. The van der Waals surface area contributed by atoms with Crippen LogP contribution in [0.1, 0.15) is 32.9 Å². The number of benzene rings is 1. The lowest BCUT2D eigenvalue weighted by atomic mass is 10.1. The van der Waals surface area contributed by atoms with E-state index in [0.29, 0.717) is 22.5 Å². The lowest BCUT2D eigenvalue weighted by molar-refractivity contribution is -0.117. The Morgan fingerprint density at radius 1 is 1.39 bits per heavy atom. The minimum atomic E-state index is -0.720. The summed E-state index contributed by atoms with van der Waals surface area (Å²) in [6, 6.07) is 3.89. The number of anilines is 1. The first kappa shape index (κ1) is 18.6. The summed E-state index contributed by atoms with van der Waals surface area (Å²) in [5.74, 6) is -0.760. The lowest BCUT2D eigenvalue weighted by Gasteiger charge is -2.17. The largest absolute Gasteiger partial charge is 0.388 e. The fraction of sp³-hybridized carbons (Fsp3) is 0.400.